The molecule has 0 atom stereocenters. The standard InChI is InChI=1S/C22H21NO3/c23-21(25)26-22(12-6-1-7-13-22)18-11-5-4-10-17(18)20-16-9-3-2-8-15(16)14-19(20)24/h2-5,8-11,14H,1,6-7,12-13H2,(H2,23,25). The van der Waals surface area contributed by atoms with Crippen LogP contribution in [-0.2, 0) is 15.1 Å². The SMILES string of the molecule is NC(=O)OC1(c2ccccc2C2=c3ccccc3=CC2=O)CCCCC1. The van der Waals surface area contributed by atoms with E-state index in [1.54, 1.807) is 6.08 Å². The molecule has 0 saturated heterocycles. The van der Waals surface area contributed by atoms with Crippen LogP contribution in [0.4, 0.5) is 4.79 Å². The molecule has 2 aromatic carbocycles. The van der Waals surface area contributed by atoms with Crippen molar-refractivity contribution < 1.29 is 14.3 Å². The van der Waals surface area contributed by atoms with E-state index < -0.39 is 11.7 Å². The molecular formula is C22H21NO3. The molecule has 132 valence electrons. The lowest BCUT2D eigenvalue weighted by molar-refractivity contribution is -0.108. The van der Waals surface area contributed by atoms with Crippen LogP contribution >= 0.6 is 0 Å². The van der Waals surface area contributed by atoms with Gasteiger partial charge in [-0.15, -0.1) is 0 Å². The van der Waals surface area contributed by atoms with Crippen LogP contribution in [0.3, 0.4) is 0 Å². The second-order valence-corrected chi connectivity index (χ2v) is 6.99. The Morgan fingerprint density at radius 3 is 2.42 bits per heavy atom. The maximum Gasteiger partial charge on any atom is 0.405 e. The molecule has 1 saturated carbocycles. The molecule has 4 heteroatoms. The summed E-state index contributed by atoms with van der Waals surface area (Å²) in [5.74, 6) is -0.0105. The van der Waals surface area contributed by atoms with Crippen molar-refractivity contribution in [3.05, 3.63) is 70.1 Å². The van der Waals surface area contributed by atoms with Gasteiger partial charge in [-0.2, -0.15) is 0 Å². The number of primary amides is 1. The molecule has 0 unspecified atom stereocenters. The summed E-state index contributed by atoms with van der Waals surface area (Å²) in [6.45, 7) is 0. The fraction of sp³-hybridized carbons (Fsp3) is 0.273. The van der Waals surface area contributed by atoms with Crippen molar-refractivity contribution >= 4 is 23.5 Å². The smallest absolute Gasteiger partial charge is 0.405 e. The molecule has 4 nitrogen and oxygen atoms in total. The third-order valence-electron chi connectivity index (χ3n) is 5.41. The molecule has 0 heterocycles. The fourth-order valence-corrected chi connectivity index (χ4v) is 4.31. The molecule has 0 bridgehead atoms. The molecule has 2 N–H and O–H groups in total. The number of carbonyl (C=O) groups is 2. The highest BCUT2D eigenvalue weighted by Gasteiger charge is 2.40. The van der Waals surface area contributed by atoms with Crippen molar-refractivity contribution in [2.45, 2.75) is 37.7 Å². The second kappa shape index (κ2) is 6.45. The molecule has 2 aliphatic carbocycles. The van der Waals surface area contributed by atoms with Gasteiger partial charge >= 0.3 is 6.09 Å². The van der Waals surface area contributed by atoms with Gasteiger partial charge < -0.3 is 10.5 Å². The van der Waals surface area contributed by atoms with Crippen LogP contribution in [0.25, 0.3) is 11.6 Å². The van der Waals surface area contributed by atoms with Gasteiger partial charge in [-0.1, -0.05) is 55.0 Å². The highest BCUT2D eigenvalue weighted by molar-refractivity contribution is 6.36. The van der Waals surface area contributed by atoms with E-state index in [0.717, 1.165) is 53.7 Å². The van der Waals surface area contributed by atoms with Gasteiger partial charge in [-0.25, -0.2) is 4.79 Å². The predicted octanol–water partition coefficient (Wildman–Crippen LogP) is 2.50. The number of fused-ring (bicyclic) bond motifs is 1. The molecular weight excluding hydrogens is 326 g/mol. The number of rotatable bonds is 3. The summed E-state index contributed by atoms with van der Waals surface area (Å²) in [4.78, 5) is 24.4. The third kappa shape index (κ3) is 2.71. The van der Waals surface area contributed by atoms with E-state index in [2.05, 4.69) is 0 Å². The van der Waals surface area contributed by atoms with Crippen molar-refractivity contribution in [1.82, 2.24) is 0 Å². The highest BCUT2D eigenvalue weighted by atomic mass is 16.6. The van der Waals surface area contributed by atoms with E-state index in [1.165, 1.54) is 0 Å². The topological polar surface area (TPSA) is 69.4 Å². The summed E-state index contributed by atoms with van der Waals surface area (Å²) < 4.78 is 5.69. The van der Waals surface area contributed by atoms with E-state index in [-0.39, 0.29) is 5.78 Å². The number of Topliss-reactive ketones (excluding diaryl/α,β-unsaturated/α-hetero) is 1. The average Bonchev–Trinajstić information content (AvgIpc) is 2.97. The Bertz CT molecular complexity index is 1000. The Labute approximate surface area is 152 Å². The number of ketones is 1. The number of hydrogen-bond acceptors (Lipinski definition) is 3. The van der Waals surface area contributed by atoms with Crippen molar-refractivity contribution in [2.24, 2.45) is 5.73 Å². The van der Waals surface area contributed by atoms with Gasteiger partial charge in [-0.05, 0) is 47.8 Å². The normalized spacial score (nSPS) is 18.2. The minimum absolute atomic E-state index is 0.0105. The maximum atomic E-state index is 12.8. The Kier molecular flexibility index (Phi) is 4.11. The zero-order chi connectivity index (χ0) is 18.1. The minimum Gasteiger partial charge on any atom is -0.438 e. The van der Waals surface area contributed by atoms with E-state index in [4.69, 9.17) is 10.5 Å². The predicted molar refractivity (Wildman–Crippen MR) is 99.5 cm³/mol. The highest BCUT2D eigenvalue weighted by Crippen LogP contribution is 2.43. The molecule has 2 aliphatic rings. The first-order valence-electron chi connectivity index (χ1n) is 9.04. The Balaban J connectivity index is 1.95. The van der Waals surface area contributed by atoms with Gasteiger partial charge in [0.1, 0.15) is 5.60 Å². The van der Waals surface area contributed by atoms with Gasteiger partial charge in [0.05, 0.1) is 0 Å². The summed E-state index contributed by atoms with van der Waals surface area (Å²) in [6.07, 6.45) is 5.39. The Hall–Kier alpha value is -2.88. The molecule has 4 rings (SSSR count). The van der Waals surface area contributed by atoms with E-state index in [1.807, 2.05) is 48.5 Å². The van der Waals surface area contributed by atoms with Crippen LogP contribution < -0.4 is 16.2 Å². The quantitative estimate of drug-likeness (QED) is 0.927. The van der Waals surface area contributed by atoms with Gasteiger partial charge in [0, 0.05) is 11.1 Å². The summed E-state index contributed by atoms with van der Waals surface area (Å²) in [5.41, 5.74) is 7.05. The van der Waals surface area contributed by atoms with E-state index >= 15 is 0 Å². The van der Waals surface area contributed by atoms with Gasteiger partial charge in [0.15, 0.2) is 5.78 Å². The zero-order valence-corrected chi connectivity index (χ0v) is 14.5. The first kappa shape index (κ1) is 16.6. The van der Waals surface area contributed by atoms with Crippen LogP contribution in [0.15, 0.2) is 48.5 Å². The lowest BCUT2D eigenvalue weighted by Crippen LogP contribution is -2.38. The van der Waals surface area contributed by atoms with Gasteiger partial charge in [-0.3, -0.25) is 4.79 Å². The Morgan fingerprint density at radius 2 is 1.65 bits per heavy atom. The van der Waals surface area contributed by atoms with E-state index in [0.29, 0.717) is 5.57 Å². The number of benzene rings is 2. The fourth-order valence-electron chi connectivity index (χ4n) is 4.31. The number of nitrogens with two attached hydrogens (primary N) is 1. The van der Waals surface area contributed by atoms with Crippen molar-refractivity contribution in [2.75, 3.05) is 0 Å². The number of hydrogen-bond donors (Lipinski definition) is 1. The first-order chi connectivity index (χ1) is 12.6. The Morgan fingerprint density at radius 1 is 0.962 bits per heavy atom. The first-order valence-corrected chi connectivity index (χ1v) is 9.04. The zero-order valence-electron chi connectivity index (χ0n) is 14.5. The van der Waals surface area contributed by atoms with Crippen LogP contribution in [0, 0.1) is 0 Å². The monoisotopic (exact) mass is 347 g/mol. The molecule has 2 aromatic rings. The lowest BCUT2D eigenvalue weighted by Gasteiger charge is -2.38. The molecule has 1 fully saturated rings. The molecule has 26 heavy (non-hydrogen) atoms. The molecule has 0 aliphatic heterocycles. The molecule has 0 aromatic heterocycles. The van der Waals surface area contributed by atoms with Crippen LogP contribution in [0.1, 0.15) is 43.2 Å². The molecule has 1 amide bonds. The number of carbonyl (C=O) groups excluding carboxylic acids is 2. The van der Waals surface area contributed by atoms with Crippen LogP contribution in [0.2, 0.25) is 0 Å². The van der Waals surface area contributed by atoms with E-state index in [9.17, 15) is 9.59 Å². The van der Waals surface area contributed by atoms with Gasteiger partial charge in [0.2, 0.25) is 0 Å². The van der Waals surface area contributed by atoms with Gasteiger partial charge in [0.25, 0.3) is 0 Å². The van der Waals surface area contributed by atoms with Crippen LogP contribution in [0.5, 0.6) is 0 Å². The van der Waals surface area contributed by atoms with Crippen LogP contribution in [-0.4, -0.2) is 11.9 Å². The average molecular weight is 347 g/mol. The number of amides is 1. The maximum absolute atomic E-state index is 12.8. The number of ether oxygens (including phenoxy) is 1. The minimum atomic E-state index is -0.767. The summed E-state index contributed by atoms with van der Waals surface area (Å²) in [5, 5.41) is 1.85. The lowest BCUT2D eigenvalue weighted by atomic mass is 9.76. The van der Waals surface area contributed by atoms with Crippen molar-refractivity contribution in [3.8, 4) is 0 Å². The van der Waals surface area contributed by atoms with Crippen molar-refractivity contribution in [3.63, 3.8) is 0 Å². The largest absolute Gasteiger partial charge is 0.438 e. The third-order valence-corrected chi connectivity index (χ3v) is 5.41. The summed E-state index contributed by atoms with van der Waals surface area (Å²) >= 11 is 0. The molecule has 0 spiro atoms. The summed E-state index contributed by atoms with van der Waals surface area (Å²) in [6, 6.07) is 15.5. The summed E-state index contributed by atoms with van der Waals surface area (Å²) in [7, 11) is 0. The molecule has 0 radical (unpaired) electrons. The van der Waals surface area contributed by atoms with Crippen molar-refractivity contribution in [1.29, 1.82) is 0 Å². The second-order valence-electron chi connectivity index (χ2n) is 6.99.